The van der Waals surface area contributed by atoms with Gasteiger partial charge in [-0.3, -0.25) is 0 Å². The van der Waals surface area contributed by atoms with E-state index < -0.39 is 0 Å². The highest BCUT2D eigenvalue weighted by Crippen LogP contribution is 2.14. The Labute approximate surface area is 72.3 Å². The van der Waals surface area contributed by atoms with E-state index >= 15 is 0 Å². The lowest BCUT2D eigenvalue weighted by Gasteiger charge is -2.01. The molecule has 0 aliphatic carbocycles. The molecule has 0 fully saturated rings. The molecule has 0 saturated carbocycles. The Hall–Kier alpha value is -0.890. The summed E-state index contributed by atoms with van der Waals surface area (Å²) in [4.78, 5) is 0.858. The number of nitrogens with two attached hydrogens (primary N) is 1. The van der Waals surface area contributed by atoms with Gasteiger partial charge in [-0.1, -0.05) is 30.3 Å². The van der Waals surface area contributed by atoms with E-state index in [9.17, 15) is 0 Å². The van der Waals surface area contributed by atoms with E-state index in [-0.39, 0.29) is 0 Å². The second kappa shape index (κ2) is 3.49. The smallest absolute Gasteiger partial charge is 0.0478 e. The Balaban J connectivity index is 3.04. The van der Waals surface area contributed by atoms with Gasteiger partial charge >= 0.3 is 0 Å². The summed E-state index contributed by atoms with van der Waals surface area (Å²) in [6, 6.07) is 9.81. The summed E-state index contributed by atoms with van der Waals surface area (Å²) in [6.45, 7) is 1.88. The van der Waals surface area contributed by atoms with Crippen LogP contribution < -0.4 is 5.73 Å². The van der Waals surface area contributed by atoms with Crippen molar-refractivity contribution in [3.63, 3.8) is 0 Å². The molecule has 1 aromatic rings. The van der Waals surface area contributed by atoms with Crippen molar-refractivity contribution in [1.82, 2.24) is 0 Å². The number of rotatable bonds is 1. The molecule has 0 bridgehead atoms. The van der Waals surface area contributed by atoms with Crippen molar-refractivity contribution in [3.05, 3.63) is 40.8 Å². The first-order chi connectivity index (χ1) is 5.22. The predicted molar refractivity (Wildman–Crippen MR) is 52.2 cm³/mol. The number of hydrogen-bond donors (Lipinski definition) is 2. The molecule has 0 radical (unpaired) electrons. The summed E-state index contributed by atoms with van der Waals surface area (Å²) in [5, 5.41) is 0. The molecular formula is C9H11NS. The van der Waals surface area contributed by atoms with E-state index in [1.165, 1.54) is 0 Å². The van der Waals surface area contributed by atoms with Crippen molar-refractivity contribution in [2.75, 3.05) is 0 Å². The molecule has 0 amide bonds. The van der Waals surface area contributed by atoms with Gasteiger partial charge in [0.1, 0.15) is 0 Å². The summed E-state index contributed by atoms with van der Waals surface area (Å²) in [5.74, 6) is 0. The van der Waals surface area contributed by atoms with Crippen LogP contribution in [0.25, 0.3) is 5.70 Å². The highest BCUT2D eigenvalue weighted by molar-refractivity contribution is 7.84. The van der Waals surface area contributed by atoms with Crippen LogP contribution in [0, 0.1) is 0 Å². The molecule has 0 spiro atoms. The summed E-state index contributed by atoms with van der Waals surface area (Å²) < 4.78 is 0. The van der Waals surface area contributed by atoms with Gasteiger partial charge in [0.05, 0.1) is 0 Å². The molecule has 58 valence electrons. The lowest BCUT2D eigenvalue weighted by atomic mass is 10.1. The van der Waals surface area contributed by atoms with Crippen LogP contribution in [-0.4, -0.2) is 0 Å². The third kappa shape index (κ3) is 2.02. The monoisotopic (exact) mass is 165 g/mol. The van der Waals surface area contributed by atoms with Crippen molar-refractivity contribution in [3.8, 4) is 0 Å². The fraction of sp³-hybridized carbons (Fsp3) is 0.111. The Bertz CT molecular complexity index is 260. The maximum absolute atomic E-state index is 5.74. The Kier molecular flexibility index (Phi) is 2.60. The molecule has 0 aromatic heterocycles. The summed E-state index contributed by atoms with van der Waals surface area (Å²) >= 11 is 4.16. The highest BCUT2D eigenvalue weighted by Gasteiger charge is 1.95. The Morgan fingerprint density at radius 3 is 2.27 bits per heavy atom. The molecular weight excluding hydrogens is 154 g/mol. The van der Waals surface area contributed by atoms with Gasteiger partial charge in [-0.25, -0.2) is 0 Å². The minimum absolute atomic E-state index is 0.744. The largest absolute Gasteiger partial charge is 0.398 e. The van der Waals surface area contributed by atoms with E-state index in [4.69, 9.17) is 5.73 Å². The maximum atomic E-state index is 5.74. The summed E-state index contributed by atoms with van der Waals surface area (Å²) in [6.07, 6.45) is 0. The molecule has 0 unspecified atom stereocenters. The first kappa shape index (κ1) is 8.21. The quantitative estimate of drug-likeness (QED) is 0.613. The van der Waals surface area contributed by atoms with Crippen molar-refractivity contribution in [1.29, 1.82) is 0 Å². The second-order valence-corrected chi connectivity index (χ2v) is 3.04. The lowest BCUT2D eigenvalue weighted by molar-refractivity contribution is 1.48. The van der Waals surface area contributed by atoms with Gasteiger partial charge < -0.3 is 5.73 Å². The van der Waals surface area contributed by atoms with Crippen LogP contribution >= 0.6 is 12.6 Å². The van der Waals surface area contributed by atoms with Crippen molar-refractivity contribution < 1.29 is 0 Å². The van der Waals surface area contributed by atoms with Crippen molar-refractivity contribution >= 4 is 18.3 Å². The first-order valence-corrected chi connectivity index (χ1v) is 3.87. The van der Waals surface area contributed by atoms with Gasteiger partial charge in [0.25, 0.3) is 0 Å². The topological polar surface area (TPSA) is 26.0 Å². The highest BCUT2D eigenvalue weighted by atomic mass is 32.1. The first-order valence-electron chi connectivity index (χ1n) is 3.42. The average Bonchev–Trinajstić information content (AvgIpc) is 2.05. The molecule has 11 heavy (non-hydrogen) atoms. The van der Waals surface area contributed by atoms with Gasteiger partial charge in [-0.05, 0) is 12.5 Å². The van der Waals surface area contributed by atoms with Crippen LogP contribution in [0.5, 0.6) is 0 Å². The molecule has 2 N–H and O–H groups in total. The minimum Gasteiger partial charge on any atom is -0.398 e. The normalized spacial score (nSPS) is 12.5. The van der Waals surface area contributed by atoms with E-state index in [0.29, 0.717) is 0 Å². The molecule has 2 heteroatoms. The molecule has 1 aromatic carbocycles. The van der Waals surface area contributed by atoms with Gasteiger partial charge in [-0.15, -0.1) is 12.6 Å². The average molecular weight is 165 g/mol. The fourth-order valence-electron chi connectivity index (χ4n) is 0.827. The molecule has 1 rings (SSSR count). The van der Waals surface area contributed by atoms with Crippen LogP contribution in [0.15, 0.2) is 35.2 Å². The van der Waals surface area contributed by atoms with Crippen LogP contribution in [0.2, 0.25) is 0 Å². The van der Waals surface area contributed by atoms with Crippen LogP contribution in [0.3, 0.4) is 0 Å². The summed E-state index contributed by atoms with van der Waals surface area (Å²) in [5.41, 5.74) is 7.51. The number of thiol groups is 1. The zero-order valence-electron chi connectivity index (χ0n) is 6.41. The van der Waals surface area contributed by atoms with Gasteiger partial charge in [-0.2, -0.15) is 0 Å². The molecule has 0 aliphatic heterocycles. The van der Waals surface area contributed by atoms with Crippen LogP contribution in [-0.2, 0) is 0 Å². The third-order valence-electron chi connectivity index (χ3n) is 1.47. The van der Waals surface area contributed by atoms with Crippen molar-refractivity contribution in [2.45, 2.75) is 6.92 Å². The van der Waals surface area contributed by atoms with Crippen molar-refractivity contribution in [2.24, 2.45) is 5.73 Å². The minimum atomic E-state index is 0.744. The molecule has 0 heterocycles. The Morgan fingerprint density at radius 1 is 1.27 bits per heavy atom. The Morgan fingerprint density at radius 2 is 1.82 bits per heavy atom. The van der Waals surface area contributed by atoms with Gasteiger partial charge in [0, 0.05) is 10.6 Å². The van der Waals surface area contributed by atoms with E-state index in [1.807, 2.05) is 37.3 Å². The SMILES string of the molecule is C/C(S)=C(/N)c1ccccc1. The number of benzene rings is 1. The molecule has 0 atom stereocenters. The van der Waals surface area contributed by atoms with E-state index in [0.717, 1.165) is 16.2 Å². The lowest BCUT2D eigenvalue weighted by Crippen LogP contribution is -1.96. The molecule has 0 aliphatic rings. The third-order valence-corrected chi connectivity index (χ3v) is 1.72. The zero-order valence-corrected chi connectivity index (χ0v) is 7.31. The maximum Gasteiger partial charge on any atom is 0.0478 e. The standard InChI is InChI=1S/C9H11NS/c1-7(11)9(10)8-5-3-2-4-6-8/h2-6,11H,10H2,1H3/b9-7-. The number of hydrogen-bond acceptors (Lipinski definition) is 2. The van der Waals surface area contributed by atoms with E-state index in [2.05, 4.69) is 12.6 Å². The fourth-order valence-corrected chi connectivity index (χ4v) is 0.956. The molecule has 0 saturated heterocycles. The predicted octanol–water partition coefficient (Wildman–Crippen LogP) is 2.26. The van der Waals surface area contributed by atoms with E-state index in [1.54, 1.807) is 0 Å². The van der Waals surface area contributed by atoms with Crippen LogP contribution in [0.1, 0.15) is 12.5 Å². The number of allylic oxidation sites excluding steroid dienone is 1. The summed E-state index contributed by atoms with van der Waals surface area (Å²) in [7, 11) is 0. The molecule has 1 nitrogen and oxygen atoms in total. The zero-order chi connectivity index (χ0) is 8.27. The second-order valence-electron chi connectivity index (χ2n) is 2.37. The van der Waals surface area contributed by atoms with Gasteiger partial charge in [0.15, 0.2) is 0 Å². The van der Waals surface area contributed by atoms with Crippen LogP contribution in [0.4, 0.5) is 0 Å². The van der Waals surface area contributed by atoms with Gasteiger partial charge in [0.2, 0.25) is 0 Å².